The van der Waals surface area contributed by atoms with Crippen molar-refractivity contribution in [3.05, 3.63) is 58.8 Å². The van der Waals surface area contributed by atoms with Crippen molar-refractivity contribution in [3.63, 3.8) is 0 Å². The number of aromatic carboxylic acids is 1. The summed E-state index contributed by atoms with van der Waals surface area (Å²) in [5.74, 6) is -0.365. The van der Waals surface area contributed by atoms with E-state index in [1.807, 2.05) is 12.3 Å². The number of benzene rings is 2. The number of rotatable bonds is 6. The number of amides is 1. The van der Waals surface area contributed by atoms with E-state index >= 15 is 0 Å². The van der Waals surface area contributed by atoms with Crippen LogP contribution in [0.3, 0.4) is 0 Å². The number of aromatic amines is 1. The molecule has 3 N–H and O–H groups in total. The van der Waals surface area contributed by atoms with E-state index in [1.54, 1.807) is 19.2 Å². The minimum absolute atomic E-state index is 0.0634. The molecule has 1 aliphatic heterocycles. The molecule has 7 nitrogen and oxygen atoms in total. The number of nitrogens with zero attached hydrogens (tertiary/aromatic N) is 1. The fourth-order valence-electron chi connectivity index (χ4n) is 4.79. The van der Waals surface area contributed by atoms with Crippen LogP contribution in [0, 0.1) is 6.92 Å². The number of carboxylic acid groups (broad SMARTS) is 1. The first-order valence-corrected chi connectivity index (χ1v) is 10.9. The molecule has 0 bridgehead atoms. The largest absolute Gasteiger partial charge is 0.496 e. The molecule has 0 saturated carbocycles. The molecular weight excluding hydrogens is 406 g/mol. The van der Waals surface area contributed by atoms with Gasteiger partial charge in [0.05, 0.1) is 12.7 Å². The van der Waals surface area contributed by atoms with Gasteiger partial charge in [-0.2, -0.15) is 0 Å². The Morgan fingerprint density at radius 3 is 2.78 bits per heavy atom. The van der Waals surface area contributed by atoms with E-state index in [4.69, 9.17) is 4.74 Å². The second-order valence-corrected chi connectivity index (χ2v) is 8.41. The molecule has 168 valence electrons. The van der Waals surface area contributed by atoms with Crippen LogP contribution < -0.4 is 10.1 Å². The summed E-state index contributed by atoms with van der Waals surface area (Å²) in [6, 6.07) is 9.24. The van der Waals surface area contributed by atoms with E-state index in [1.165, 1.54) is 6.92 Å². The van der Waals surface area contributed by atoms with Crippen LogP contribution in [0.2, 0.25) is 0 Å². The van der Waals surface area contributed by atoms with Crippen molar-refractivity contribution in [2.75, 3.05) is 19.0 Å². The maximum atomic E-state index is 11.8. The number of hydrogen-bond acceptors (Lipinski definition) is 4. The maximum Gasteiger partial charge on any atom is 0.335 e. The van der Waals surface area contributed by atoms with Gasteiger partial charge < -0.3 is 20.1 Å². The van der Waals surface area contributed by atoms with Crippen LogP contribution in [0.25, 0.3) is 10.9 Å². The van der Waals surface area contributed by atoms with Gasteiger partial charge in [0.25, 0.3) is 0 Å². The molecule has 4 rings (SSSR count). The van der Waals surface area contributed by atoms with E-state index in [2.05, 4.69) is 34.3 Å². The Hall–Kier alpha value is -3.32. The molecule has 2 heterocycles. The predicted octanol–water partition coefficient (Wildman–Crippen LogP) is 4.87. The number of anilines is 1. The first kappa shape index (κ1) is 21.9. The predicted molar refractivity (Wildman–Crippen MR) is 124 cm³/mol. The number of methoxy groups -OCH3 is 1. The van der Waals surface area contributed by atoms with Gasteiger partial charge in [-0.25, -0.2) is 4.79 Å². The Labute approximate surface area is 187 Å². The van der Waals surface area contributed by atoms with Gasteiger partial charge in [-0.1, -0.05) is 12.5 Å². The molecule has 1 amide bonds. The average molecular weight is 436 g/mol. The van der Waals surface area contributed by atoms with Crippen LogP contribution in [0.4, 0.5) is 5.69 Å². The summed E-state index contributed by atoms with van der Waals surface area (Å²) in [7, 11) is 1.70. The third-order valence-corrected chi connectivity index (χ3v) is 6.28. The molecular formula is C25H29N3O4. The van der Waals surface area contributed by atoms with E-state index in [0.717, 1.165) is 59.2 Å². The summed E-state index contributed by atoms with van der Waals surface area (Å²) in [5, 5.41) is 13.4. The van der Waals surface area contributed by atoms with Gasteiger partial charge in [-0.3, -0.25) is 9.69 Å². The third-order valence-electron chi connectivity index (χ3n) is 6.28. The van der Waals surface area contributed by atoms with Crippen LogP contribution >= 0.6 is 0 Å². The SMILES string of the molecule is COc1cc(C)c2[nH]ccc2c1CN1CCCC[C@H]1c1ccc(C(=O)O)cc1NC(C)=O. The number of aromatic nitrogens is 1. The zero-order chi connectivity index (χ0) is 22.8. The number of aryl methyl sites for hydroxylation is 1. The molecule has 1 aliphatic rings. The summed E-state index contributed by atoms with van der Waals surface area (Å²) >= 11 is 0. The zero-order valence-corrected chi connectivity index (χ0v) is 18.7. The van der Waals surface area contributed by atoms with Gasteiger partial charge in [0.2, 0.25) is 5.91 Å². The molecule has 2 aromatic carbocycles. The first-order valence-electron chi connectivity index (χ1n) is 10.9. The standard InChI is InChI=1S/C25H29N3O4/c1-15-12-23(32-3)20(18-9-10-26-24(15)18)14-28-11-5-4-6-22(28)19-8-7-17(25(30)31)13-21(19)27-16(2)29/h7-10,12-13,22,26H,4-6,11,14H2,1-3H3,(H,27,29)(H,30,31)/t22-/m0/s1. The van der Waals surface area contributed by atoms with Crippen molar-refractivity contribution < 1.29 is 19.4 Å². The lowest BCUT2D eigenvalue weighted by molar-refractivity contribution is -0.114. The van der Waals surface area contributed by atoms with Crippen molar-refractivity contribution in [1.82, 2.24) is 9.88 Å². The van der Waals surface area contributed by atoms with Crippen LogP contribution in [-0.4, -0.2) is 40.5 Å². The van der Waals surface area contributed by atoms with Crippen molar-refractivity contribution >= 4 is 28.5 Å². The molecule has 0 unspecified atom stereocenters. The highest BCUT2D eigenvalue weighted by atomic mass is 16.5. The normalized spacial score (nSPS) is 16.8. The number of piperidine rings is 1. The quantitative estimate of drug-likeness (QED) is 0.514. The van der Waals surface area contributed by atoms with E-state index < -0.39 is 5.97 Å². The molecule has 3 aromatic rings. The van der Waals surface area contributed by atoms with Crippen LogP contribution in [0.1, 0.15) is 59.3 Å². The van der Waals surface area contributed by atoms with Gasteiger partial charge >= 0.3 is 5.97 Å². The lowest BCUT2D eigenvalue weighted by atomic mass is 9.92. The number of H-pyrrole nitrogens is 1. The number of ether oxygens (including phenoxy) is 1. The Morgan fingerprint density at radius 2 is 2.06 bits per heavy atom. The van der Waals surface area contributed by atoms with Gasteiger partial charge in [0.15, 0.2) is 0 Å². The van der Waals surface area contributed by atoms with Crippen molar-refractivity contribution in [1.29, 1.82) is 0 Å². The van der Waals surface area contributed by atoms with Gasteiger partial charge in [0, 0.05) is 47.9 Å². The minimum Gasteiger partial charge on any atom is -0.496 e. The molecule has 0 spiro atoms. The molecule has 0 radical (unpaired) electrons. The Bertz CT molecular complexity index is 1170. The lowest BCUT2D eigenvalue weighted by Crippen LogP contribution is -2.33. The summed E-state index contributed by atoms with van der Waals surface area (Å²) in [5.41, 5.74) is 5.05. The first-order chi connectivity index (χ1) is 15.4. The Morgan fingerprint density at radius 1 is 1.25 bits per heavy atom. The van der Waals surface area contributed by atoms with Crippen LogP contribution in [0.15, 0.2) is 36.5 Å². The number of carbonyl (C=O) groups excluding carboxylic acids is 1. The van der Waals surface area contributed by atoms with Crippen molar-refractivity contribution in [3.8, 4) is 5.75 Å². The maximum absolute atomic E-state index is 11.8. The van der Waals surface area contributed by atoms with Crippen molar-refractivity contribution in [2.24, 2.45) is 0 Å². The van der Waals surface area contributed by atoms with E-state index in [-0.39, 0.29) is 17.5 Å². The average Bonchev–Trinajstić information content (AvgIpc) is 3.26. The molecule has 1 aromatic heterocycles. The lowest BCUT2D eigenvalue weighted by Gasteiger charge is -2.37. The number of carbonyl (C=O) groups is 2. The van der Waals surface area contributed by atoms with E-state index in [9.17, 15) is 14.7 Å². The van der Waals surface area contributed by atoms with Crippen molar-refractivity contribution in [2.45, 2.75) is 45.7 Å². The fraction of sp³-hybridized carbons (Fsp3) is 0.360. The number of nitrogens with one attached hydrogen (secondary N) is 2. The second-order valence-electron chi connectivity index (χ2n) is 8.41. The zero-order valence-electron chi connectivity index (χ0n) is 18.7. The minimum atomic E-state index is -1.01. The summed E-state index contributed by atoms with van der Waals surface area (Å²) < 4.78 is 5.74. The topological polar surface area (TPSA) is 94.7 Å². The van der Waals surface area contributed by atoms with Gasteiger partial charge in [-0.15, -0.1) is 0 Å². The van der Waals surface area contributed by atoms with Gasteiger partial charge in [0.1, 0.15) is 5.75 Å². The number of hydrogen-bond donors (Lipinski definition) is 3. The summed E-state index contributed by atoms with van der Waals surface area (Å²) in [6.45, 7) is 5.12. The monoisotopic (exact) mass is 435 g/mol. The van der Waals surface area contributed by atoms with Crippen LogP contribution in [0.5, 0.6) is 5.75 Å². The molecule has 32 heavy (non-hydrogen) atoms. The Balaban J connectivity index is 1.75. The molecule has 7 heteroatoms. The fourth-order valence-corrected chi connectivity index (χ4v) is 4.79. The molecule has 0 aliphatic carbocycles. The highest BCUT2D eigenvalue weighted by molar-refractivity contribution is 5.94. The molecule has 1 atom stereocenters. The highest BCUT2D eigenvalue weighted by Gasteiger charge is 2.28. The highest BCUT2D eigenvalue weighted by Crippen LogP contribution is 2.39. The second kappa shape index (κ2) is 9.04. The van der Waals surface area contributed by atoms with Gasteiger partial charge in [-0.05, 0) is 61.7 Å². The summed E-state index contributed by atoms with van der Waals surface area (Å²) in [4.78, 5) is 29.1. The smallest absolute Gasteiger partial charge is 0.335 e. The number of carboxylic acids is 1. The summed E-state index contributed by atoms with van der Waals surface area (Å²) in [6.07, 6.45) is 5.05. The number of likely N-dealkylation sites (tertiary alicyclic amines) is 1. The molecule has 1 fully saturated rings. The Kier molecular flexibility index (Phi) is 6.19. The van der Waals surface area contributed by atoms with Crippen LogP contribution in [-0.2, 0) is 11.3 Å². The molecule has 1 saturated heterocycles. The number of fused-ring (bicyclic) bond motifs is 1. The van der Waals surface area contributed by atoms with E-state index in [0.29, 0.717) is 12.2 Å². The third kappa shape index (κ3) is 4.21.